The molecule has 0 aromatic carbocycles. The first-order valence-electron chi connectivity index (χ1n) is 6.77. The van der Waals surface area contributed by atoms with Crippen molar-refractivity contribution < 1.29 is 8.54 Å². The predicted octanol–water partition coefficient (Wildman–Crippen LogP) is 4.07. The van der Waals surface area contributed by atoms with Crippen LogP contribution in [0.2, 0.25) is 25.7 Å². The standard InChI is InChI=1S/C12H30O2Si2/c1-6-7-8-9-10-11-12-16(5,13-2)14-15(3)4/h15H,6-12H2,1-5H3. The summed E-state index contributed by atoms with van der Waals surface area (Å²) in [5.41, 5.74) is 0. The molecule has 0 N–H and O–H groups in total. The minimum Gasteiger partial charge on any atom is -0.439 e. The van der Waals surface area contributed by atoms with Gasteiger partial charge in [0.15, 0.2) is 9.04 Å². The maximum atomic E-state index is 6.07. The van der Waals surface area contributed by atoms with Gasteiger partial charge in [0.2, 0.25) is 0 Å². The summed E-state index contributed by atoms with van der Waals surface area (Å²) in [5, 5.41) is 0. The maximum Gasteiger partial charge on any atom is 0.324 e. The molecule has 0 saturated heterocycles. The summed E-state index contributed by atoms with van der Waals surface area (Å²) in [4.78, 5) is 0. The molecule has 0 aliphatic rings. The molecule has 4 heteroatoms. The van der Waals surface area contributed by atoms with E-state index in [2.05, 4.69) is 26.6 Å². The quantitative estimate of drug-likeness (QED) is 0.436. The Bertz CT molecular complexity index is 165. The zero-order valence-corrected chi connectivity index (χ0v) is 14.0. The number of hydrogen-bond donors (Lipinski definition) is 0. The van der Waals surface area contributed by atoms with Gasteiger partial charge in [0, 0.05) is 7.11 Å². The first-order chi connectivity index (χ1) is 7.54. The molecular weight excluding hydrogens is 232 g/mol. The van der Waals surface area contributed by atoms with Crippen molar-refractivity contribution in [3.8, 4) is 0 Å². The minimum absolute atomic E-state index is 0.946. The summed E-state index contributed by atoms with van der Waals surface area (Å²) in [6.07, 6.45) is 8.10. The van der Waals surface area contributed by atoms with Gasteiger partial charge in [0.25, 0.3) is 0 Å². The Hall–Kier alpha value is 0.354. The van der Waals surface area contributed by atoms with E-state index in [0.29, 0.717) is 0 Å². The Morgan fingerprint density at radius 2 is 1.56 bits per heavy atom. The van der Waals surface area contributed by atoms with Gasteiger partial charge >= 0.3 is 8.56 Å². The first kappa shape index (κ1) is 16.4. The van der Waals surface area contributed by atoms with Crippen LogP contribution in [0.1, 0.15) is 45.4 Å². The Balaban J connectivity index is 3.61. The highest BCUT2D eigenvalue weighted by Gasteiger charge is 2.30. The van der Waals surface area contributed by atoms with Crippen molar-refractivity contribution in [1.29, 1.82) is 0 Å². The molecule has 1 unspecified atom stereocenters. The van der Waals surface area contributed by atoms with Crippen LogP contribution in [-0.4, -0.2) is 24.7 Å². The van der Waals surface area contributed by atoms with Crippen molar-refractivity contribution in [1.82, 2.24) is 0 Å². The van der Waals surface area contributed by atoms with Crippen molar-refractivity contribution in [2.45, 2.75) is 71.1 Å². The molecule has 0 saturated carbocycles. The molecule has 0 aliphatic heterocycles. The molecule has 2 nitrogen and oxygen atoms in total. The van der Waals surface area contributed by atoms with Crippen LogP contribution in [0.3, 0.4) is 0 Å². The second-order valence-corrected chi connectivity index (χ2v) is 11.2. The summed E-state index contributed by atoms with van der Waals surface area (Å²) in [6, 6.07) is 1.17. The SMILES string of the molecule is CCCCCCCC[Si](C)(OC)O[SiH](C)C. The zero-order chi connectivity index (χ0) is 12.4. The van der Waals surface area contributed by atoms with Gasteiger partial charge in [-0.15, -0.1) is 0 Å². The molecule has 0 spiro atoms. The summed E-state index contributed by atoms with van der Waals surface area (Å²) >= 11 is 0. The van der Waals surface area contributed by atoms with Gasteiger partial charge in [0.1, 0.15) is 0 Å². The average Bonchev–Trinajstić information content (AvgIpc) is 2.22. The summed E-state index contributed by atoms with van der Waals surface area (Å²) in [7, 11) is -0.920. The maximum absolute atomic E-state index is 6.07. The lowest BCUT2D eigenvalue weighted by Crippen LogP contribution is -2.41. The van der Waals surface area contributed by atoms with E-state index in [-0.39, 0.29) is 0 Å². The van der Waals surface area contributed by atoms with E-state index in [1.165, 1.54) is 44.6 Å². The third kappa shape index (κ3) is 8.50. The molecule has 16 heavy (non-hydrogen) atoms. The normalized spacial score (nSPS) is 15.4. The molecule has 0 aromatic rings. The van der Waals surface area contributed by atoms with Gasteiger partial charge in [-0.2, -0.15) is 0 Å². The fraction of sp³-hybridized carbons (Fsp3) is 1.00. The summed E-state index contributed by atoms with van der Waals surface area (Å²) < 4.78 is 11.7. The van der Waals surface area contributed by atoms with Crippen molar-refractivity contribution in [3.63, 3.8) is 0 Å². The zero-order valence-electron chi connectivity index (χ0n) is 11.8. The Kier molecular flexibility index (Phi) is 9.60. The van der Waals surface area contributed by atoms with Crippen molar-refractivity contribution in [3.05, 3.63) is 0 Å². The molecule has 0 aliphatic carbocycles. The Labute approximate surface area is 105 Å². The Morgan fingerprint density at radius 3 is 2.06 bits per heavy atom. The molecule has 0 amide bonds. The topological polar surface area (TPSA) is 18.5 Å². The van der Waals surface area contributed by atoms with Crippen molar-refractivity contribution >= 4 is 17.6 Å². The van der Waals surface area contributed by atoms with Gasteiger partial charge in [-0.05, 0) is 25.7 Å². The molecule has 0 rings (SSSR count). The monoisotopic (exact) mass is 262 g/mol. The lowest BCUT2D eigenvalue weighted by Gasteiger charge is -2.27. The van der Waals surface area contributed by atoms with Crippen LogP contribution in [0.5, 0.6) is 0 Å². The van der Waals surface area contributed by atoms with E-state index >= 15 is 0 Å². The fourth-order valence-corrected chi connectivity index (χ4v) is 7.88. The highest BCUT2D eigenvalue weighted by Crippen LogP contribution is 2.19. The van der Waals surface area contributed by atoms with E-state index < -0.39 is 17.6 Å². The van der Waals surface area contributed by atoms with Crippen LogP contribution in [0, 0.1) is 0 Å². The highest BCUT2D eigenvalue weighted by molar-refractivity contribution is 6.73. The number of rotatable bonds is 10. The summed E-state index contributed by atoms with van der Waals surface area (Å²) in [6.45, 7) is 8.93. The molecule has 0 heterocycles. The van der Waals surface area contributed by atoms with Crippen LogP contribution in [0.25, 0.3) is 0 Å². The van der Waals surface area contributed by atoms with Gasteiger partial charge in [-0.25, -0.2) is 0 Å². The highest BCUT2D eigenvalue weighted by atomic mass is 28.4. The third-order valence-corrected chi connectivity index (χ3v) is 8.91. The second-order valence-electron chi connectivity index (χ2n) is 5.02. The van der Waals surface area contributed by atoms with Crippen molar-refractivity contribution in [2.75, 3.05) is 7.11 Å². The number of unbranched alkanes of at least 4 members (excludes halogenated alkanes) is 5. The lowest BCUT2D eigenvalue weighted by atomic mass is 10.1. The van der Waals surface area contributed by atoms with Crippen LogP contribution >= 0.6 is 0 Å². The molecular formula is C12H30O2Si2. The van der Waals surface area contributed by atoms with Gasteiger partial charge < -0.3 is 8.54 Å². The van der Waals surface area contributed by atoms with E-state index in [4.69, 9.17) is 8.54 Å². The molecule has 0 radical (unpaired) electrons. The van der Waals surface area contributed by atoms with Gasteiger partial charge in [-0.3, -0.25) is 0 Å². The molecule has 1 atom stereocenters. The smallest absolute Gasteiger partial charge is 0.324 e. The van der Waals surface area contributed by atoms with E-state index in [0.717, 1.165) is 0 Å². The summed E-state index contributed by atoms with van der Waals surface area (Å²) in [5.74, 6) is 0. The van der Waals surface area contributed by atoms with E-state index in [1.807, 2.05) is 7.11 Å². The van der Waals surface area contributed by atoms with Gasteiger partial charge in [0.05, 0.1) is 0 Å². The van der Waals surface area contributed by atoms with Crippen LogP contribution in [0.15, 0.2) is 0 Å². The van der Waals surface area contributed by atoms with Crippen LogP contribution in [-0.2, 0) is 8.54 Å². The fourth-order valence-electron chi connectivity index (χ4n) is 1.93. The molecule has 98 valence electrons. The van der Waals surface area contributed by atoms with Crippen LogP contribution in [0.4, 0.5) is 0 Å². The van der Waals surface area contributed by atoms with E-state index in [1.54, 1.807) is 0 Å². The van der Waals surface area contributed by atoms with Gasteiger partial charge in [-0.1, -0.05) is 45.4 Å². The average molecular weight is 263 g/mol. The molecule has 0 bridgehead atoms. The number of hydrogen-bond acceptors (Lipinski definition) is 2. The minimum atomic E-state index is -1.79. The molecule has 0 aromatic heterocycles. The first-order valence-corrected chi connectivity index (χ1v) is 12.1. The second kappa shape index (κ2) is 9.39. The predicted molar refractivity (Wildman–Crippen MR) is 76.8 cm³/mol. The van der Waals surface area contributed by atoms with Crippen molar-refractivity contribution in [2.24, 2.45) is 0 Å². The van der Waals surface area contributed by atoms with E-state index in [9.17, 15) is 0 Å². The lowest BCUT2D eigenvalue weighted by molar-refractivity contribution is 0.305. The largest absolute Gasteiger partial charge is 0.439 e. The Morgan fingerprint density at radius 1 is 1.00 bits per heavy atom. The molecule has 0 fully saturated rings. The van der Waals surface area contributed by atoms with Crippen LogP contribution < -0.4 is 0 Å². The third-order valence-electron chi connectivity index (χ3n) is 2.90.